The molecule has 176 valence electrons. The molecular weight excluding hydrogens is 399 g/mol. The van der Waals surface area contributed by atoms with E-state index in [-0.39, 0.29) is 0 Å². The van der Waals surface area contributed by atoms with Gasteiger partial charge in [-0.2, -0.15) is 0 Å². The van der Waals surface area contributed by atoms with Gasteiger partial charge < -0.3 is 4.90 Å². The molecule has 0 aliphatic carbocycles. The van der Waals surface area contributed by atoms with E-state index in [4.69, 9.17) is 0 Å². The molecule has 2 aliphatic rings. The fraction of sp³-hybridized carbons (Fsp3) is 0.630. The van der Waals surface area contributed by atoms with Gasteiger partial charge in [-0.1, -0.05) is 71.6 Å². The molecule has 2 saturated heterocycles. The average molecular weight is 441 g/mol. The molecule has 32 heavy (non-hydrogen) atoms. The van der Waals surface area contributed by atoms with Crippen LogP contribution in [-0.2, 0) is 0 Å². The summed E-state index contributed by atoms with van der Waals surface area (Å²) in [6.07, 6.45) is 16.6. The Morgan fingerprint density at radius 1 is 0.812 bits per heavy atom. The SMILES string of the molecule is CCCCCCCCCCC.CN1C[C@@H]2C[C@@H]1CN2c1ccc(-c2ncc(F)cn2)cc1. The zero-order valence-corrected chi connectivity index (χ0v) is 20.3. The monoisotopic (exact) mass is 440 g/mol. The number of fused-ring (bicyclic) bond motifs is 2. The van der Waals surface area contributed by atoms with Gasteiger partial charge in [0.2, 0.25) is 0 Å². The molecule has 2 fully saturated rings. The van der Waals surface area contributed by atoms with E-state index in [0.717, 1.165) is 18.7 Å². The molecule has 1 aromatic heterocycles. The Morgan fingerprint density at radius 2 is 1.38 bits per heavy atom. The largest absolute Gasteiger partial charge is 0.366 e. The van der Waals surface area contributed by atoms with Gasteiger partial charge in [-0.3, -0.25) is 4.90 Å². The topological polar surface area (TPSA) is 32.3 Å². The van der Waals surface area contributed by atoms with Crippen LogP contribution in [0.3, 0.4) is 0 Å². The smallest absolute Gasteiger partial charge is 0.159 e. The van der Waals surface area contributed by atoms with Crippen LogP contribution in [0.2, 0.25) is 0 Å². The number of piperazine rings is 1. The lowest BCUT2D eigenvalue weighted by molar-refractivity contribution is 0.292. The molecule has 2 bridgehead atoms. The second kappa shape index (κ2) is 12.9. The lowest BCUT2D eigenvalue weighted by Gasteiger charge is -2.33. The van der Waals surface area contributed by atoms with E-state index in [0.29, 0.717) is 17.9 Å². The zero-order valence-electron chi connectivity index (χ0n) is 20.3. The van der Waals surface area contributed by atoms with Crippen molar-refractivity contribution in [1.82, 2.24) is 14.9 Å². The minimum atomic E-state index is -0.410. The van der Waals surface area contributed by atoms with Gasteiger partial charge in [0, 0.05) is 36.4 Å². The highest BCUT2D eigenvalue weighted by molar-refractivity contribution is 5.61. The first-order valence-electron chi connectivity index (χ1n) is 12.7. The summed E-state index contributed by atoms with van der Waals surface area (Å²) in [7, 11) is 2.21. The van der Waals surface area contributed by atoms with Gasteiger partial charge in [0.1, 0.15) is 0 Å². The molecule has 1 aromatic carbocycles. The molecule has 0 unspecified atom stereocenters. The molecule has 0 radical (unpaired) electrons. The van der Waals surface area contributed by atoms with Crippen LogP contribution in [0, 0.1) is 5.82 Å². The predicted molar refractivity (Wildman–Crippen MR) is 132 cm³/mol. The number of hydrogen-bond donors (Lipinski definition) is 0. The lowest BCUT2D eigenvalue weighted by Crippen LogP contribution is -2.44. The molecule has 0 amide bonds. The van der Waals surface area contributed by atoms with Crippen LogP contribution < -0.4 is 4.90 Å². The summed E-state index contributed by atoms with van der Waals surface area (Å²) in [5.74, 6) is 0.151. The number of hydrogen-bond acceptors (Lipinski definition) is 4. The predicted octanol–water partition coefficient (Wildman–Crippen LogP) is 6.71. The summed E-state index contributed by atoms with van der Waals surface area (Å²) in [5, 5.41) is 0. The van der Waals surface area contributed by atoms with Crippen LogP contribution in [0.15, 0.2) is 36.7 Å². The first kappa shape index (κ1) is 24.6. The quantitative estimate of drug-likeness (QED) is 0.384. The fourth-order valence-electron chi connectivity index (χ4n) is 4.83. The molecule has 2 aromatic rings. The van der Waals surface area contributed by atoms with E-state index in [1.54, 1.807) is 0 Å². The second-order valence-electron chi connectivity index (χ2n) is 9.38. The van der Waals surface area contributed by atoms with Gasteiger partial charge in [0.25, 0.3) is 0 Å². The summed E-state index contributed by atoms with van der Waals surface area (Å²) in [4.78, 5) is 13.0. The molecule has 2 atom stereocenters. The minimum absolute atomic E-state index is 0.410. The second-order valence-corrected chi connectivity index (χ2v) is 9.38. The van der Waals surface area contributed by atoms with Crippen molar-refractivity contribution in [3.05, 3.63) is 42.5 Å². The Kier molecular flexibility index (Phi) is 9.91. The Balaban J connectivity index is 0.000000226. The van der Waals surface area contributed by atoms with E-state index in [2.05, 4.69) is 52.8 Å². The van der Waals surface area contributed by atoms with Crippen LogP contribution in [0.25, 0.3) is 11.4 Å². The molecule has 4 rings (SSSR count). The first-order chi connectivity index (χ1) is 15.6. The van der Waals surface area contributed by atoms with Crippen LogP contribution in [0.5, 0.6) is 0 Å². The van der Waals surface area contributed by atoms with Crippen LogP contribution >= 0.6 is 0 Å². The Morgan fingerprint density at radius 3 is 1.84 bits per heavy atom. The highest BCUT2D eigenvalue weighted by Crippen LogP contribution is 2.34. The Hall–Kier alpha value is -2.01. The number of halogens is 1. The van der Waals surface area contributed by atoms with E-state index >= 15 is 0 Å². The van der Waals surface area contributed by atoms with Gasteiger partial charge in [-0.15, -0.1) is 0 Å². The summed E-state index contributed by atoms with van der Waals surface area (Å²) in [5.41, 5.74) is 2.17. The highest BCUT2D eigenvalue weighted by atomic mass is 19.1. The molecule has 5 heteroatoms. The maximum atomic E-state index is 12.9. The van der Waals surface area contributed by atoms with Crippen molar-refractivity contribution in [3.8, 4) is 11.4 Å². The lowest BCUT2D eigenvalue weighted by atomic mass is 10.1. The molecule has 0 N–H and O–H groups in total. The van der Waals surface area contributed by atoms with E-state index in [1.807, 2.05) is 12.1 Å². The van der Waals surface area contributed by atoms with Crippen LogP contribution in [0.1, 0.15) is 78.1 Å². The molecule has 0 saturated carbocycles. The fourth-order valence-corrected chi connectivity index (χ4v) is 4.83. The van der Waals surface area contributed by atoms with Crippen LogP contribution in [-0.4, -0.2) is 47.1 Å². The normalized spacial score (nSPS) is 19.8. The van der Waals surface area contributed by atoms with E-state index in [1.165, 1.54) is 82.3 Å². The highest BCUT2D eigenvalue weighted by Gasteiger charge is 2.41. The van der Waals surface area contributed by atoms with Crippen molar-refractivity contribution in [1.29, 1.82) is 0 Å². The third kappa shape index (κ3) is 6.99. The van der Waals surface area contributed by atoms with Gasteiger partial charge >= 0.3 is 0 Å². The number of likely N-dealkylation sites (N-methyl/N-ethyl adjacent to an activating group) is 1. The number of unbranched alkanes of at least 4 members (excludes halogenated alkanes) is 8. The maximum absolute atomic E-state index is 12.9. The summed E-state index contributed by atoms with van der Waals surface area (Å²) in [6.45, 7) is 6.80. The maximum Gasteiger partial charge on any atom is 0.159 e. The molecule has 4 nitrogen and oxygen atoms in total. The summed E-state index contributed by atoms with van der Waals surface area (Å²) in [6, 6.07) is 9.57. The molecule has 0 spiro atoms. The van der Waals surface area contributed by atoms with E-state index in [9.17, 15) is 4.39 Å². The molecule has 3 heterocycles. The molecular formula is C27H41FN4. The molecule has 2 aliphatic heterocycles. The third-order valence-electron chi connectivity index (χ3n) is 6.80. The van der Waals surface area contributed by atoms with Gasteiger partial charge in [-0.05, 0) is 37.7 Å². The zero-order chi connectivity index (χ0) is 22.8. The van der Waals surface area contributed by atoms with Crippen molar-refractivity contribution < 1.29 is 4.39 Å². The number of nitrogens with zero attached hydrogens (tertiary/aromatic N) is 4. The van der Waals surface area contributed by atoms with Crippen LogP contribution in [0.4, 0.5) is 10.1 Å². The van der Waals surface area contributed by atoms with Gasteiger partial charge in [-0.25, -0.2) is 14.4 Å². The van der Waals surface area contributed by atoms with Crippen molar-refractivity contribution in [3.63, 3.8) is 0 Å². The van der Waals surface area contributed by atoms with Crippen molar-refractivity contribution in [2.24, 2.45) is 0 Å². The number of anilines is 1. The van der Waals surface area contributed by atoms with Crippen molar-refractivity contribution >= 4 is 5.69 Å². The number of rotatable bonds is 10. The van der Waals surface area contributed by atoms with Gasteiger partial charge in [0.05, 0.1) is 12.4 Å². The Bertz CT molecular complexity index is 767. The number of likely N-dealkylation sites (tertiary alicyclic amines) is 1. The Labute approximate surface area is 194 Å². The van der Waals surface area contributed by atoms with Crippen molar-refractivity contribution in [2.75, 3.05) is 25.0 Å². The summed E-state index contributed by atoms with van der Waals surface area (Å²) < 4.78 is 12.9. The standard InChI is InChI=1S/C16H17FN4.C11H24/c1-20-9-15-6-14(20)10-21(15)13-4-2-11(3-5-13)16-18-7-12(17)8-19-16;1-3-5-7-9-11-10-8-6-4-2/h2-5,7-8,14-15H,6,9-10H2,1H3;3-11H2,1-2H3/t14-,15+;/m1./s1. The minimum Gasteiger partial charge on any atom is -0.366 e. The average Bonchev–Trinajstić information content (AvgIpc) is 3.39. The summed E-state index contributed by atoms with van der Waals surface area (Å²) >= 11 is 0. The van der Waals surface area contributed by atoms with Crippen molar-refractivity contribution in [2.45, 2.75) is 90.1 Å². The van der Waals surface area contributed by atoms with E-state index < -0.39 is 5.82 Å². The number of aromatic nitrogens is 2. The number of benzene rings is 1. The van der Waals surface area contributed by atoms with Gasteiger partial charge in [0.15, 0.2) is 11.6 Å². The first-order valence-corrected chi connectivity index (χ1v) is 12.7. The third-order valence-corrected chi connectivity index (χ3v) is 6.80.